The Morgan fingerprint density at radius 1 is 1.31 bits per heavy atom. The van der Waals surface area contributed by atoms with Gasteiger partial charge >= 0.3 is 11.9 Å². The first kappa shape index (κ1) is 9.25. The van der Waals surface area contributed by atoms with Crippen molar-refractivity contribution >= 4 is 11.9 Å². The van der Waals surface area contributed by atoms with Gasteiger partial charge in [-0.05, 0) is 12.1 Å². The Morgan fingerprint density at radius 2 is 1.92 bits per heavy atom. The summed E-state index contributed by atoms with van der Waals surface area (Å²) >= 11 is 0. The zero-order chi connectivity index (χ0) is 9.84. The van der Waals surface area contributed by atoms with E-state index in [2.05, 4.69) is 4.74 Å². The number of carboxylic acid groups (broad SMARTS) is 1. The van der Waals surface area contributed by atoms with Gasteiger partial charge in [-0.3, -0.25) is 4.79 Å². The lowest BCUT2D eigenvalue weighted by Crippen LogP contribution is -2.06. The number of ether oxygens (including phenoxy) is 1. The Labute approximate surface area is 74.8 Å². The summed E-state index contributed by atoms with van der Waals surface area (Å²) in [6.07, 6.45) is 0. The van der Waals surface area contributed by atoms with Crippen LogP contribution in [0.3, 0.4) is 0 Å². The van der Waals surface area contributed by atoms with Crippen LogP contribution in [0.4, 0.5) is 0 Å². The van der Waals surface area contributed by atoms with Crippen molar-refractivity contribution in [2.24, 2.45) is 0 Å². The van der Waals surface area contributed by atoms with Crippen LogP contribution in [0.1, 0.15) is 17.3 Å². The van der Waals surface area contributed by atoms with Crippen LogP contribution in [0.25, 0.3) is 0 Å². The van der Waals surface area contributed by atoms with Crippen LogP contribution in [-0.2, 0) is 4.79 Å². The van der Waals surface area contributed by atoms with Gasteiger partial charge in [0, 0.05) is 6.92 Å². The highest BCUT2D eigenvalue weighted by Crippen LogP contribution is 2.17. The van der Waals surface area contributed by atoms with E-state index in [1.54, 1.807) is 12.1 Å². The molecule has 13 heavy (non-hydrogen) atoms. The SMILES string of the molecule is CC(=O)Oc1ccccc1[11C](=O)O. The predicted octanol–water partition coefficient (Wildman–Crippen LogP) is 1.31. The topological polar surface area (TPSA) is 63.6 Å². The number of carboxylic acids is 1. The smallest absolute Gasteiger partial charge is 0.339 e. The molecule has 4 nitrogen and oxygen atoms in total. The van der Waals surface area contributed by atoms with Gasteiger partial charge in [0.1, 0.15) is 11.3 Å². The molecule has 0 aliphatic carbocycles. The number of carbonyl (C=O) groups excluding carboxylic acids is 1. The van der Waals surface area contributed by atoms with Gasteiger partial charge in [-0.1, -0.05) is 12.1 Å². The minimum atomic E-state index is -1.11. The van der Waals surface area contributed by atoms with E-state index in [0.717, 1.165) is 0 Å². The Morgan fingerprint density at radius 3 is 2.46 bits per heavy atom. The van der Waals surface area contributed by atoms with Crippen molar-refractivity contribution in [3.63, 3.8) is 0 Å². The fourth-order valence-corrected chi connectivity index (χ4v) is 0.887. The molecule has 4 heteroatoms. The van der Waals surface area contributed by atoms with E-state index in [-0.39, 0.29) is 11.3 Å². The van der Waals surface area contributed by atoms with Gasteiger partial charge in [0.15, 0.2) is 0 Å². The number of para-hydroxylation sites is 1. The number of hydrogen-bond donors (Lipinski definition) is 1. The second-order valence-electron chi connectivity index (χ2n) is 2.39. The van der Waals surface area contributed by atoms with Gasteiger partial charge in [-0.2, -0.15) is 0 Å². The first-order chi connectivity index (χ1) is 6.11. The molecule has 0 saturated carbocycles. The zero-order valence-electron chi connectivity index (χ0n) is 6.98. The molecule has 0 heterocycles. The van der Waals surface area contributed by atoms with Crippen molar-refractivity contribution in [2.45, 2.75) is 6.92 Å². The second kappa shape index (κ2) is 3.71. The van der Waals surface area contributed by atoms with E-state index in [1.165, 1.54) is 19.1 Å². The van der Waals surface area contributed by atoms with Crippen LogP contribution in [0.15, 0.2) is 24.3 Å². The second-order valence-corrected chi connectivity index (χ2v) is 2.39. The molecule has 0 aromatic heterocycles. The minimum absolute atomic E-state index is 0.0160. The summed E-state index contributed by atoms with van der Waals surface area (Å²) in [5, 5.41) is 8.69. The van der Waals surface area contributed by atoms with Gasteiger partial charge in [0.25, 0.3) is 0 Å². The molecule has 0 atom stereocenters. The fraction of sp³-hybridized carbons (Fsp3) is 0.111. The first-order valence-electron chi connectivity index (χ1n) is 3.62. The molecule has 1 rings (SSSR count). The molecule has 0 radical (unpaired) electrons. The number of benzene rings is 1. The maximum atomic E-state index is 10.6. The van der Waals surface area contributed by atoms with E-state index in [1.807, 2.05) is 0 Å². The van der Waals surface area contributed by atoms with Crippen molar-refractivity contribution in [1.29, 1.82) is 0 Å². The largest absolute Gasteiger partial charge is 0.478 e. The Bertz CT molecular complexity index is 343. The molecule has 0 aliphatic heterocycles. The number of carbonyl (C=O) groups is 2. The number of esters is 1. The summed E-state index contributed by atoms with van der Waals surface area (Å²) in [5.41, 5.74) is -0.0160. The molecule has 1 N–H and O–H groups in total. The molecule has 1 aromatic rings. The highest BCUT2D eigenvalue weighted by molar-refractivity contribution is 5.91. The van der Waals surface area contributed by atoms with E-state index in [4.69, 9.17) is 5.11 Å². The van der Waals surface area contributed by atoms with Gasteiger partial charge in [0.05, 0.1) is 0 Å². The third kappa shape index (κ3) is 2.30. The summed E-state index contributed by atoms with van der Waals surface area (Å²) in [7, 11) is 0. The number of aromatic carboxylic acids is 1. The molecular weight excluding hydrogens is 171 g/mol. The molecular formula is C9H8O4. The Balaban J connectivity index is 3.04. The molecule has 1 aromatic carbocycles. The Hall–Kier alpha value is -1.84. The lowest BCUT2D eigenvalue weighted by Gasteiger charge is -2.03. The van der Waals surface area contributed by atoms with E-state index < -0.39 is 11.9 Å². The molecule has 0 saturated heterocycles. The summed E-state index contributed by atoms with van der Waals surface area (Å²) in [5.74, 6) is -1.58. The highest BCUT2D eigenvalue weighted by Gasteiger charge is 2.10. The van der Waals surface area contributed by atoms with Crippen molar-refractivity contribution in [1.82, 2.24) is 0 Å². The quantitative estimate of drug-likeness (QED) is 0.549. The van der Waals surface area contributed by atoms with Gasteiger partial charge in [0.2, 0.25) is 0 Å². The lowest BCUT2D eigenvalue weighted by atomic mass is 9.93. The average molecular weight is 179 g/mol. The Kier molecular flexibility index (Phi) is 2.64. The summed E-state index contributed by atoms with van der Waals surface area (Å²) in [6.45, 7) is 1.22. The van der Waals surface area contributed by atoms with Crippen molar-refractivity contribution in [2.75, 3.05) is 0 Å². The van der Waals surface area contributed by atoms with Crippen LogP contribution in [0.2, 0.25) is 0 Å². The molecule has 0 unspecified atom stereocenters. The molecule has 0 spiro atoms. The molecule has 0 amide bonds. The lowest BCUT2D eigenvalue weighted by molar-refractivity contribution is -0.131. The average Bonchev–Trinajstić information content (AvgIpc) is 2.03. The van der Waals surface area contributed by atoms with E-state index in [0.29, 0.717) is 0 Å². The van der Waals surface area contributed by atoms with Crippen LogP contribution in [0, 0.1) is 0 Å². The first-order valence-corrected chi connectivity index (χ1v) is 3.62. The maximum absolute atomic E-state index is 10.6. The third-order valence-corrected chi connectivity index (χ3v) is 1.37. The maximum Gasteiger partial charge on any atom is 0.339 e. The van der Waals surface area contributed by atoms with Gasteiger partial charge in [-0.25, -0.2) is 4.79 Å². The number of hydrogen-bond acceptors (Lipinski definition) is 3. The minimum Gasteiger partial charge on any atom is -0.478 e. The van der Waals surface area contributed by atoms with Crippen LogP contribution < -0.4 is 4.74 Å². The molecule has 0 bridgehead atoms. The summed E-state index contributed by atoms with van der Waals surface area (Å²) in [4.78, 5) is 21.2. The summed E-state index contributed by atoms with van der Waals surface area (Å²) in [6, 6.07) is 5.98. The third-order valence-electron chi connectivity index (χ3n) is 1.37. The van der Waals surface area contributed by atoms with Crippen molar-refractivity contribution < 1.29 is 19.4 Å². The number of rotatable bonds is 2. The fourth-order valence-electron chi connectivity index (χ4n) is 0.887. The van der Waals surface area contributed by atoms with E-state index >= 15 is 0 Å². The van der Waals surface area contributed by atoms with Crippen LogP contribution in [0.5, 0.6) is 5.75 Å². The highest BCUT2D eigenvalue weighted by atomic mass is 16.5. The zero-order valence-corrected chi connectivity index (χ0v) is 6.98. The summed E-state index contributed by atoms with van der Waals surface area (Å²) < 4.78 is 4.69. The van der Waals surface area contributed by atoms with Crippen molar-refractivity contribution in [3.05, 3.63) is 29.8 Å². The standard InChI is InChI=1S/C9H8O4/c1-6(10)13-8-5-3-2-4-7(8)9(11)12/h2-5H,1H3,(H,11,12)/i9-1. The van der Waals surface area contributed by atoms with Crippen LogP contribution in [-0.4, -0.2) is 17.0 Å². The van der Waals surface area contributed by atoms with E-state index in [9.17, 15) is 9.59 Å². The van der Waals surface area contributed by atoms with Crippen LogP contribution >= 0.6 is 0 Å². The van der Waals surface area contributed by atoms with Gasteiger partial charge in [-0.15, -0.1) is 0 Å². The molecule has 0 aliphatic rings. The normalized spacial score (nSPS) is 9.31. The van der Waals surface area contributed by atoms with Crippen molar-refractivity contribution in [3.8, 4) is 5.75 Å². The monoisotopic (exact) mass is 179 g/mol. The van der Waals surface area contributed by atoms with Gasteiger partial charge < -0.3 is 9.84 Å². The molecule has 68 valence electrons. The predicted molar refractivity (Wildman–Crippen MR) is 44.7 cm³/mol. The molecule has 0 fully saturated rings.